The summed E-state index contributed by atoms with van der Waals surface area (Å²) < 4.78 is 5.54. The van der Waals surface area contributed by atoms with Gasteiger partial charge in [-0.25, -0.2) is 0 Å². The minimum atomic E-state index is -0.620. The normalized spacial score (nSPS) is 11.6. The summed E-state index contributed by atoms with van der Waals surface area (Å²) in [4.78, 5) is 12.0. The molecule has 0 aromatic heterocycles. The van der Waals surface area contributed by atoms with E-state index in [0.717, 1.165) is 5.69 Å². The molecule has 0 fully saturated rings. The number of nitrogens with one attached hydrogen (secondary N) is 1. The van der Waals surface area contributed by atoms with Crippen molar-refractivity contribution in [3.63, 3.8) is 0 Å². The van der Waals surface area contributed by atoms with Gasteiger partial charge in [0, 0.05) is 5.69 Å². The first-order chi connectivity index (χ1) is 9.16. The van der Waals surface area contributed by atoms with Gasteiger partial charge in [-0.3, -0.25) is 4.79 Å². The van der Waals surface area contributed by atoms with E-state index in [0.29, 0.717) is 11.4 Å². The fourth-order valence-electron chi connectivity index (χ4n) is 1.60. The van der Waals surface area contributed by atoms with Crippen molar-refractivity contribution in [1.29, 1.82) is 0 Å². The van der Waals surface area contributed by atoms with Crippen molar-refractivity contribution in [3.05, 3.63) is 54.6 Å². The number of anilines is 2. The molecule has 2 rings (SSSR count). The SMILES string of the molecule is CC(Oc1ccccc1N)C(=O)Nc1ccccc1. The van der Waals surface area contributed by atoms with Crippen molar-refractivity contribution in [2.75, 3.05) is 11.1 Å². The lowest BCUT2D eigenvalue weighted by molar-refractivity contribution is -0.122. The maximum absolute atomic E-state index is 12.0. The Morgan fingerprint density at radius 2 is 1.74 bits per heavy atom. The van der Waals surface area contributed by atoms with Gasteiger partial charge in [0.25, 0.3) is 5.91 Å². The average molecular weight is 256 g/mol. The van der Waals surface area contributed by atoms with Crippen molar-refractivity contribution >= 4 is 17.3 Å². The lowest BCUT2D eigenvalue weighted by atomic mass is 10.2. The Bertz CT molecular complexity index is 555. The summed E-state index contributed by atoms with van der Waals surface area (Å²) in [5, 5.41) is 2.78. The Morgan fingerprint density at radius 1 is 1.11 bits per heavy atom. The van der Waals surface area contributed by atoms with E-state index in [4.69, 9.17) is 10.5 Å². The van der Waals surface area contributed by atoms with Crippen LogP contribution < -0.4 is 15.8 Å². The molecule has 1 amide bonds. The van der Waals surface area contributed by atoms with Crippen molar-refractivity contribution < 1.29 is 9.53 Å². The van der Waals surface area contributed by atoms with Crippen LogP contribution in [0.2, 0.25) is 0 Å². The molecular formula is C15H16N2O2. The van der Waals surface area contributed by atoms with Gasteiger partial charge in [0.15, 0.2) is 6.10 Å². The van der Waals surface area contributed by atoms with Gasteiger partial charge in [0.1, 0.15) is 5.75 Å². The molecule has 0 saturated heterocycles. The number of benzene rings is 2. The summed E-state index contributed by atoms with van der Waals surface area (Å²) in [5.74, 6) is 0.299. The zero-order valence-corrected chi connectivity index (χ0v) is 10.7. The molecule has 0 saturated carbocycles. The number of nitrogens with two attached hydrogens (primary N) is 1. The molecule has 0 aliphatic heterocycles. The Morgan fingerprint density at radius 3 is 2.42 bits per heavy atom. The summed E-state index contributed by atoms with van der Waals surface area (Å²) in [6, 6.07) is 16.3. The van der Waals surface area contributed by atoms with Crippen LogP contribution in [0, 0.1) is 0 Å². The second kappa shape index (κ2) is 5.91. The Balaban J connectivity index is 1.98. The number of nitrogen functional groups attached to an aromatic ring is 1. The van der Waals surface area contributed by atoms with Crippen LogP contribution in [-0.2, 0) is 4.79 Å². The number of hydrogen-bond acceptors (Lipinski definition) is 3. The van der Waals surface area contributed by atoms with E-state index in [9.17, 15) is 4.79 Å². The molecule has 4 nitrogen and oxygen atoms in total. The molecule has 1 atom stereocenters. The molecule has 0 aliphatic carbocycles. The van der Waals surface area contributed by atoms with Gasteiger partial charge in [-0.15, -0.1) is 0 Å². The third-order valence-corrected chi connectivity index (χ3v) is 2.63. The first kappa shape index (κ1) is 13.0. The predicted octanol–water partition coefficient (Wildman–Crippen LogP) is 2.67. The lowest BCUT2D eigenvalue weighted by Gasteiger charge is -2.15. The predicted molar refractivity (Wildman–Crippen MR) is 76.0 cm³/mol. The van der Waals surface area contributed by atoms with Crippen LogP contribution in [0.1, 0.15) is 6.92 Å². The molecule has 0 aliphatic rings. The van der Waals surface area contributed by atoms with Gasteiger partial charge in [0.2, 0.25) is 0 Å². The Kier molecular flexibility index (Phi) is 4.03. The number of rotatable bonds is 4. The van der Waals surface area contributed by atoms with E-state index < -0.39 is 6.10 Å². The van der Waals surface area contributed by atoms with E-state index in [-0.39, 0.29) is 5.91 Å². The van der Waals surface area contributed by atoms with Gasteiger partial charge >= 0.3 is 0 Å². The average Bonchev–Trinajstić information content (AvgIpc) is 2.42. The molecule has 19 heavy (non-hydrogen) atoms. The van der Waals surface area contributed by atoms with Crippen LogP contribution in [0.25, 0.3) is 0 Å². The van der Waals surface area contributed by atoms with Crippen molar-refractivity contribution in [1.82, 2.24) is 0 Å². The second-order valence-electron chi connectivity index (χ2n) is 4.15. The standard InChI is InChI=1S/C15H16N2O2/c1-11(19-14-10-6-5-9-13(14)16)15(18)17-12-7-3-2-4-8-12/h2-11H,16H2,1H3,(H,17,18). The van der Waals surface area contributed by atoms with E-state index in [1.165, 1.54) is 0 Å². The van der Waals surface area contributed by atoms with Gasteiger partial charge in [-0.2, -0.15) is 0 Å². The van der Waals surface area contributed by atoms with E-state index in [1.807, 2.05) is 42.5 Å². The van der Waals surface area contributed by atoms with E-state index >= 15 is 0 Å². The van der Waals surface area contributed by atoms with Gasteiger partial charge in [-0.1, -0.05) is 30.3 Å². The maximum atomic E-state index is 12.0. The lowest BCUT2D eigenvalue weighted by Crippen LogP contribution is -2.30. The molecular weight excluding hydrogens is 240 g/mol. The molecule has 4 heteroatoms. The zero-order valence-electron chi connectivity index (χ0n) is 10.7. The largest absolute Gasteiger partial charge is 0.479 e. The second-order valence-corrected chi connectivity index (χ2v) is 4.15. The third kappa shape index (κ3) is 3.48. The number of ether oxygens (including phenoxy) is 1. The molecule has 0 heterocycles. The van der Waals surface area contributed by atoms with Gasteiger partial charge in [-0.05, 0) is 31.2 Å². The fourth-order valence-corrected chi connectivity index (χ4v) is 1.60. The van der Waals surface area contributed by atoms with Gasteiger partial charge in [0.05, 0.1) is 5.69 Å². The maximum Gasteiger partial charge on any atom is 0.265 e. The van der Waals surface area contributed by atoms with Crippen molar-refractivity contribution in [3.8, 4) is 5.75 Å². The van der Waals surface area contributed by atoms with Crippen LogP contribution in [0.5, 0.6) is 5.75 Å². The Hall–Kier alpha value is -2.49. The smallest absolute Gasteiger partial charge is 0.265 e. The van der Waals surface area contributed by atoms with E-state index in [1.54, 1.807) is 19.1 Å². The number of carbonyl (C=O) groups is 1. The minimum Gasteiger partial charge on any atom is -0.479 e. The molecule has 0 bridgehead atoms. The highest BCUT2D eigenvalue weighted by Gasteiger charge is 2.15. The first-order valence-electron chi connectivity index (χ1n) is 6.04. The Labute approximate surface area is 112 Å². The van der Waals surface area contributed by atoms with Crippen LogP contribution >= 0.6 is 0 Å². The highest BCUT2D eigenvalue weighted by atomic mass is 16.5. The quantitative estimate of drug-likeness (QED) is 0.827. The van der Waals surface area contributed by atoms with Crippen molar-refractivity contribution in [2.24, 2.45) is 0 Å². The molecule has 3 N–H and O–H groups in total. The topological polar surface area (TPSA) is 64.3 Å². The summed E-state index contributed by atoms with van der Waals surface area (Å²) in [6.07, 6.45) is -0.620. The molecule has 2 aromatic carbocycles. The summed E-state index contributed by atoms with van der Waals surface area (Å²) >= 11 is 0. The van der Waals surface area contributed by atoms with Crippen LogP contribution in [-0.4, -0.2) is 12.0 Å². The van der Waals surface area contributed by atoms with Crippen LogP contribution in [0.4, 0.5) is 11.4 Å². The molecule has 98 valence electrons. The van der Waals surface area contributed by atoms with Gasteiger partial charge < -0.3 is 15.8 Å². The number of carbonyl (C=O) groups excluding carboxylic acids is 1. The molecule has 2 aromatic rings. The van der Waals surface area contributed by atoms with Crippen LogP contribution in [0.3, 0.4) is 0 Å². The molecule has 1 unspecified atom stereocenters. The summed E-state index contributed by atoms with van der Waals surface area (Å²) in [5.41, 5.74) is 7.02. The third-order valence-electron chi connectivity index (χ3n) is 2.63. The van der Waals surface area contributed by atoms with Crippen molar-refractivity contribution in [2.45, 2.75) is 13.0 Å². The zero-order chi connectivity index (χ0) is 13.7. The van der Waals surface area contributed by atoms with Crippen LogP contribution in [0.15, 0.2) is 54.6 Å². The number of amides is 1. The minimum absolute atomic E-state index is 0.213. The fraction of sp³-hybridized carbons (Fsp3) is 0.133. The monoisotopic (exact) mass is 256 g/mol. The summed E-state index contributed by atoms with van der Waals surface area (Å²) in [6.45, 7) is 1.69. The van der Waals surface area contributed by atoms with E-state index in [2.05, 4.69) is 5.32 Å². The molecule has 0 spiro atoms. The number of para-hydroxylation sites is 3. The highest BCUT2D eigenvalue weighted by molar-refractivity contribution is 5.94. The first-order valence-corrected chi connectivity index (χ1v) is 6.04. The molecule has 0 radical (unpaired) electrons. The highest BCUT2D eigenvalue weighted by Crippen LogP contribution is 2.21. The number of hydrogen-bond donors (Lipinski definition) is 2. The summed E-state index contributed by atoms with van der Waals surface area (Å²) in [7, 11) is 0.